The summed E-state index contributed by atoms with van der Waals surface area (Å²) < 4.78 is 11.5. The molecule has 0 aliphatic carbocycles. The minimum atomic E-state index is -0.757. The van der Waals surface area contributed by atoms with E-state index in [0.29, 0.717) is 43.7 Å². The Morgan fingerprint density at radius 3 is 2.74 bits per heavy atom. The second-order valence-electron chi connectivity index (χ2n) is 10.7. The van der Waals surface area contributed by atoms with E-state index in [1.165, 1.54) is 5.54 Å². The molecule has 0 spiro atoms. The van der Waals surface area contributed by atoms with E-state index < -0.39 is 29.9 Å². The topological polar surface area (TPSA) is 125 Å². The Kier molecular flexibility index (Phi) is 10.7. The second-order valence-corrected chi connectivity index (χ2v) is 10.9. The van der Waals surface area contributed by atoms with Crippen LogP contribution >= 0.6 is 11.6 Å². The van der Waals surface area contributed by atoms with Gasteiger partial charge in [-0.2, -0.15) is 0 Å². The van der Waals surface area contributed by atoms with Crippen LogP contribution in [0.25, 0.3) is 0 Å². The van der Waals surface area contributed by atoms with Crippen molar-refractivity contribution < 1.29 is 23.9 Å². The largest absolute Gasteiger partial charge is 0.444 e. The molecule has 0 saturated carbocycles. The van der Waals surface area contributed by atoms with Crippen LogP contribution < -0.4 is 10.6 Å². The molecule has 2 saturated heterocycles. The fourth-order valence-electron chi connectivity index (χ4n) is 4.43. The van der Waals surface area contributed by atoms with Gasteiger partial charge in [0.1, 0.15) is 17.9 Å². The Labute approximate surface area is 235 Å². The zero-order valence-corrected chi connectivity index (χ0v) is 24.0. The van der Waals surface area contributed by atoms with Crippen molar-refractivity contribution in [1.29, 1.82) is 0 Å². The number of hydrogen-bond donors (Lipinski definition) is 2. The maximum atomic E-state index is 13.3. The van der Waals surface area contributed by atoms with Crippen molar-refractivity contribution in [3.05, 3.63) is 41.3 Å². The van der Waals surface area contributed by atoms with Crippen molar-refractivity contribution in [2.24, 2.45) is 4.99 Å². The number of aryl methyl sites for hydroxylation is 1. The predicted octanol–water partition coefficient (Wildman–Crippen LogP) is 3.53. The molecular formula is C27H39ClN6O5. The average Bonchev–Trinajstić information content (AvgIpc) is 3.10. The molecule has 11 nitrogen and oxygen atoms in total. The molecule has 2 unspecified atom stereocenters. The van der Waals surface area contributed by atoms with Crippen LogP contribution in [-0.4, -0.2) is 82.3 Å². The number of ether oxygens (including phenoxy) is 2. The Hall–Kier alpha value is -3.18. The van der Waals surface area contributed by atoms with Gasteiger partial charge in [-0.1, -0.05) is 11.6 Å². The van der Waals surface area contributed by atoms with Crippen LogP contribution in [0.2, 0.25) is 0 Å². The number of carbonyl (C=O) groups is 3. The molecule has 1 aromatic heterocycles. The number of halogens is 1. The number of hydrogen-bond acceptors (Lipinski definition) is 7. The molecule has 3 atom stereocenters. The first kappa shape index (κ1) is 30.4. The summed E-state index contributed by atoms with van der Waals surface area (Å²) in [6, 6.07) is 3.02. The van der Waals surface area contributed by atoms with Crippen LogP contribution in [0.1, 0.15) is 69.4 Å². The lowest BCUT2D eigenvalue weighted by Crippen LogP contribution is -2.51. The Morgan fingerprint density at radius 2 is 2.10 bits per heavy atom. The number of nitrogens with one attached hydrogen (secondary N) is 2. The number of likely N-dealkylation sites (tertiary alicyclic amines) is 1. The van der Waals surface area contributed by atoms with Gasteiger partial charge < -0.3 is 24.6 Å². The minimum Gasteiger partial charge on any atom is -0.444 e. The van der Waals surface area contributed by atoms with Crippen LogP contribution in [0.5, 0.6) is 0 Å². The van der Waals surface area contributed by atoms with Gasteiger partial charge in [-0.15, -0.1) is 0 Å². The number of rotatable bonds is 6. The van der Waals surface area contributed by atoms with Crippen LogP contribution in [0.15, 0.2) is 35.1 Å². The number of amides is 3. The van der Waals surface area contributed by atoms with Crippen molar-refractivity contribution in [2.75, 3.05) is 19.6 Å². The summed E-state index contributed by atoms with van der Waals surface area (Å²) >= 11 is 6.07. The van der Waals surface area contributed by atoms with Crippen LogP contribution in [0.4, 0.5) is 4.79 Å². The van der Waals surface area contributed by atoms with Crippen molar-refractivity contribution >= 4 is 35.5 Å². The summed E-state index contributed by atoms with van der Waals surface area (Å²) in [5.74, 6) is -0.395. The van der Waals surface area contributed by atoms with Gasteiger partial charge in [0.25, 0.3) is 5.91 Å². The molecule has 1 aromatic rings. The minimum absolute atomic E-state index is 0.188. The number of pyridine rings is 1. The lowest BCUT2D eigenvalue weighted by Gasteiger charge is -2.34. The normalized spacial score (nSPS) is 21.3. The SMILES string of the molecule is Cc1cc(C(=O)NC(=NC(C)OC2CCNC2=O)N(/C=C\Cl)[C@@H]2CCCCN(C(=O)OC(C)(C)C)C2)ccn1. The van der Waals surface area contributed by atoms with Gasteiger partial charge >= 0.3 is 6.09 Å². The molecule has 3 rings (SSSR count). The van der Waals surface area contributed by atoms with E-state index in [2.05, 4.69) is 20.6 Å². The third kappa shape index (κ3) is 9.21. The van der Waals surface area contributed by atoms with Crippen molar-refractivity contribution in [2.45, 2.75) is 84.3 Å². The summed E-state index contributed by atoms with van der Waals surface area (Å²) in [7, 11) is 0. The zero-order valence-electron chi connectivity index (χ0n) is 23.3. The van der Waals surface area contributed by atoms with E-state index in [4.69, 9.17) is 21.1 Å². The van der Waals surface area contributed by atoms with Crippen LogP contribution in [0, 0.1) is 6.92 Å². The smallest absolute Gasteiger partial charge is 0.410 e. The molecule has 0 aromatic carbocycles. The van der Waals surface area contributed by atoms with Crippen molar-refractivity contribution in [1.82, 2.24) is 25.4 Å². The quantitative estimate of drug-likeness (QED) is 0.401. The molecule has 2 aliphatic rings. The Morgan fingerprint density at radius 1 is 1.33 bits per heavy atom. The Balaban J connectivity index is 1.91. The Bertz CT molecular complexity index is 1090. The zero-order chi connectivity index (χ0) is 28.6. The molecule has 12 heteroatoms. The monoisotopic (exact) mass is 562 g/mol. The van der Waals surface area contributed by atoms with Crippen LogP contribution in [-0.2, 0) is 14.3 Å². The molecule has 2 aliphatic heterocycles. The number of aliphatic imine (C=N–C) groups is 1. The van der Waals surface area contributed by atoms with Gasteiger partial charge in [0, 0.05) is 55.2 Å². The van der Waals surface area contributed by atoms with Gasteiger partial charge in [0.05, 0.1) is 6.04 Å². The first-order chi connectivity index (χ1) is 18.5. The summed E-state index contributed by atoms with van der Waals surface area (Å²) in [5.41, 5.74) is 1.80. The third-order valence-electron chi connectivity index (χ3n) is 6.20. The summed E-state index contributed by atoms with van der Waals surface area (Å²) in [5, 5.41) is 5.64. The molecule has 0 radical (unpaired) electrons. The van der Waals surface area contributed by atoms with Crippen LogP contribution in [0.3, 0.4) is 0 Å². The van der Waals surface area contributed by atoms with Gasteiger partial charge in [-0.3, -0.25) is 19.9 Å². The highest BCUT2D eigenvalue weighted by Gasteiger charge is 2.32. The second kappa shape index (κ2) is 13.7. The molecule has 3 amide bonds. The van der Waals surface area contributed by atoms with Gasteiger partial charge in [0.15, 0.2) is 0 Å². The predicted molar refractivity (Wildman–Crippen MR) is 148 cm³/mol. The van der Waals surface area contributed by atoms with Gasteiger partial charge in [-0.25, -0.2) is 9.79 Å². The van der Waals surface area contributed by atoms with Gasteiger partial charge in [0.2, 0.25) is 11.9 Å². The first-order valence-corrected chi connectivity index (χ1v) is 13.7. The maximum absolute atomic E-state index is 13.3. The summed E-state index contributed by atoms with van der Waals surface area (Å²) in [6.45, 7) is 10.4. The summed E-state index contributed by atoms with van der Waals surface area (Å²) in [4.78, 5) is 50.5. The lowest BCUT2D eigenvalue weighted by molar-refractivity contribution is -0.131. The fraction of sp³-hybridized carbons (Fsp3) is 0.593. The van der Waals surface area contributed by atoms with Crippen molar-refractivity contribution in [3.8, 4) is 0 Å². The van der Waals surface area contributed by atoms with E-state index in [0.717, 1.165) is 12.8 Å². The first-order valence-electron chi connectivity index (χ1n) is 13.2. The molecule has 0 bridgehead atoms. The molecule has 3 heterocycles. The highest BCUT2D eigenvalue weighted by molar-refractivity contribution is 6.25. The molecule has 2 N–H and O–H groups in total. The van der Waals surface area contributed by atoms with Gasteiger partial charge in [-0.05, 0) is 66.0 Å². The van der Waals surface area contributed by atoms with E-state index in [-0.39, 0.29) is 17.9 Å². The molecule has 39 heavy (non-hydrogen) atoms. The van der Waals surface area contributed by atoms with E-state index in [9.17, 15) is 14.4 Å². The number of aromatic nitrogens is 1. The van der Waals surface area contributed by atoms with E-state index in [1.54, 1.807) is 48.2 Å². The summed E-state index contributed by atoms with van der Waals surface area (Å²) in [6.07, 6.45) is 4.29. The highest BCUT2D eigenvalue weighted by Crippen LogP contribution is 2.21. The molecular weight excluding hydrogens is 524 g/mol. The number of nitrogens with zero attached hydrogens (tertiary/aromatic N) is 4. The number of carbonyl (C=O) groups excluding carboxylic acids is 3. The average molecular weight is 563 g/mol. The highest BCUT2D eigenvalue weighted by atomic mass is 35.5. The standard InChI is InChI=1S/C27H39ClN6O5/c1-18-16-20(9-12-29-18)23(35)32-25(31-19(2)38-22-10-13-30-24(22)36)34(15-11-28)21-8-6-7-14-33(17-21)26(37)39-27(3,4)5/h9,11-12,15-16,19,21-22H,6-8,10,13-14,17H2,1-5H3,(H,30,36)(H,31,32,35)/b15-11-/t19?,21-,22?/m1/s1. The van der Waals surface area contributed by atoms with E-state index in [1.807, 2.05) is 20.8 Å². The number of guanidine groups is 1. The molecule has 2 fully saturated rings. The van der Waals surface area contributed by atoms with E-state index >= 15 is 0 Å². The van der Waals surface area contributed by atoms with Crippen molar-refractivity contribution in [3.63, 3.8) is 0 Å². The fourth-order valence-corrected chi connectivity index (χ4v) is 4.55. The third-order valence-corrected chi connectivity index (χ3v) is 6.31. The maximum Gasteiger partial charge on any atom is 0.410 e. The lowest BCUT2D eigenvalue weighted by atomic mass is 10.1. The molecule has 214 valence electrons.